The first-order chi connectivity index (χ1) is 7.70. The fraction of sp³-hybridized carbons (Fsp3) is 0.500. The third-order valence-corrected chi connectivity index (χ3v) is 3.76. The molecule has 0 spiro atoms. The van der Waals surface area contributed by atoms with Gasteiger partial charge in [-0.2, -0.15) is 0 Å². The standard InChI is InChI=1S/C12H16N2OS/c1-14-6-5-9(7-12(14)15)10-3-4-11(16-2)13-8-10/h3-4,8-9H,5-7H2,1-2H3. The molecule has 0 aliphatic carbocycles. The van der Waals surface area contributed by atoms with E-state index in [9.17, 15) is 4.79 Å². The maximum Gasteiger partial charge on any atom is 0.222 e. The van der Waals surface area contributed by atoms with Crippen LogP contribution in [0, 0.1) is 0 Å². The molecule has 1 amide bonds. The van der Waals surface area contributed by atoms with Crippen LogP contribution in [-0.4, -0.2) is 35.6 Å². The number of hydrogen-bond donors (Lipinski definition) is 0. The first-order valence-electron chi connectivity index (χ1n) is 5.44. The van der Waals surface area contributed by atoms with Gasteiger partial charge in [-0.15, -0.1) is 11.8 Å². The molecule has 1 saturated heterocycles. The lowest BCUT2D eigenvalue weighted by Gasteiger charge is -2.28. The van der Waals surface area contributed by atoms with Crippen molar-refractivity contribution in [2.24, 2.45) is 0 Å². The van der Waals surface area contributed by atoms with Crippen molar-refractivity contribution in [2.75, 3.05) is 19.8 Å². The van der Waals surface area contributed by atoms with Gasteiger partial charge in [0.15, 0.2) is 0 Å². The minimum absolute atomic E-state index is 0.241. The van der Waals surface area contributed by atoms with Crippen molar-refractivity contribution in [3.05, 3.63) is 23.9 Å². The van der Waals surface area contributed by atoms with Gasteiger partial charge in [0.2, 0.25) is 5.91 Å². The minimum atomic E-state index is 0.241. The van der Waals surface area contributed by atoms with Crippen LogP contribution in [-0.2, 0) is 4.79 Å². The quantitative estimate of drug-likeness (QED) is 0.738. The van der Waals surface area contributed by atoms with Gasteiger partial charge in [-0.05, 0) is 30.2 Å². The Morgan fingerprint density at radius 3 is 2.88 bits per heavy atom. The summed E-state index contributed by atoms with van der Waals surface area (Å²) in [6.45, 7) is 0.855. The van der Waals surface area contributed by atoms with Gasteiger partial charge in [0.1, 0.15) is 0 Å². The Balaban J connectivity index is 2.09. The summed E-state index contributed by atoms with van der Waals surface area (Å²) < 4.78 is 0. The second-order valence-corrected chi connectivity index (χ2v) is 4.97. The number of piperidine rings is 1. The molecular weight excluding hydrogens is 220 g/mol. The van der Waals surface area contributed by atoms with Crippen molar-refractivity contribution in [2.45, 2.75) is 23.8 Å². The molecular formula is C12H16N2OS. The number of carbonyl (C=O) groups excluding carboxylic acids is 1. The lowest BCUT2D eigenvalue weighted by Crippen LogP contribution is -2.34. The van der Waals surface area contributed by atoms with Gasteiger partial charge in [-0.1, -0.05) is 6.07 Å². The van der Waals surface area contributed by atoms with Crippen LogP contribution in [0.3, 0.4) is 0 Å². The molecule has 1 aromatic heterocycles. The lowest BCUT2D eigenvalue weighted by molar-refractivity contribution is -0.132. The molecule has 86 valence electrons. The minimum Gasteiger partial charge on any atom is -0.346 e. The highest BCUT2D eigenvalue weighted by Gasteiger charge is 2.24. The molecule has 2 rings (SSSR count). The van der Waals surface area contributed by atoms with Gasteiger partial charge in [-0.3, -0.25) is 4.79 Å². The van der Waals surface area contributed by atoms with Crippen LogP contribution in [0.15, 0.2) is 23.4 Å². The first-order valence-corrected chi connectivity index (χ1v) is 6.67. The Bertz CT molecular complexity index is 377. The summed E-state index contributed by atoms with van der Waals surface area (Å²) in [5.74, 6) is 0.595. The molecule has 2 heterocycles. The van der Waals surface area contributed by atoms with Crippen molar-refractivity contribution in [3.63, 3.8) is 0 Å². The predicted molar refractivity (Wildman–Crippen MR) is 65.6 cm³/mol. The van der Waals surface area contributed by atoms with Crippen LogP contribution in [0.25, 0.3) is 0 Å². The lowest BCUT2D eigenvalue weighted by atomic mass is 9.90. The molecule has 3 nitrogen and oxygen atoms in total. The molecule has 1 aliphatic rings. The van der Waals surface area contributed by atoms with Crippen molar-refractivity contribution >= 4 is 17.7 Å². The predicted octanol–water partition coefficient (Wildman–Crippen LogP) is 2.14. The molecule has 0 saturated carbocycles. The Labute approximate surface area is 100 Å². The zero-order valence-corrected chi connectivity index (χ0v) is 10.5. The number of amides is 1. The Morgan fingerprint density at radius 1 is 1.50 bits per heavy atom. The fourth-order valence-corrected chi connectivity index (χ4v) is 2.34. The van der Waals surface area contributed by atoms with E-state index in [1.807, 2.05) is 25.6 Å². The number of carbonyl (C=O) groups is 1. The van der Waals surface area contributed by atoms with Gasteiger partial charge < -0.3 is 4.90 Å². The van der Waals surface area contributed by atoms with E-state index >= 15 is 0 Å². The summed E-state index contributed by atoms with van der Waals surface area (Å²) in [7, 11) is 1.87. The maximum atomic E-state index is 11.6. The van der Waals surface area contributed by atoms with Crippen LogP contribution in [0.1, 0.15) is 24.3 Å². The van der Waals surface area contributed by atoms with Gasteiger partial charge in [0.25, 0.3) is 0 Å². The summed E-state index contributed by atoms with van der Waals surface area (Å²) in [6.07, 6.45) is 5.59. The van der Waals surface area contributed by atoms with E-state index in [4.69, 9.17) is 0 Å². The number of likely N-dealkylation sites (tertiary alicyclic amines) is 1. The SMILES string of the molecule is CSc1ccc(C2CCN(C)C(=O)C2)cn1. The van der Waals surface area contributed by atoms with E-state index in [-0.39, 0.29) is 5.91 Å². The number of pyridine rings is 1. The van der Waals surface area contributed by atoms with E-state index in [0.717, 1.165) is 18.0 Å². The highest BCUT2D eigenvalue weighted by atomic mass is 32.2. The van der Waals surface area contributed by atoms with Crippen LogP contribution >= 0.6 is 11.8 Å². The topological polar surface area (TPSA) is 33.2 Å². The number of aromatic nitrogens is 1. The molecule has 1 aliphatic heterocycles. The number of thioether (sulfide) groups is 1. The Hall–Kier alpha value is -1.03. The highest BCUT2D eigenvalue weighted by molar-refractivity contribution is 7.98. The van der Waals surface area contributed by atoms with Crippen LogP contribution in [0.5, 0.6) is 0 Å². The number of hydrogen-bond acceptors (Lipinski definition) is 3. The van der Waals surface area contributed by atoms with Crippen molar-refractivity contribution in [3.8, 4) is 0 Å². The second-order valence-electron chi connectivity index (χ2n) is 4.14. The fourth-order valence-electron chi connectivity index (χ4n) is 1.98. The van der Waals surface area contributed by atoms with Crippen molar-refractivity contribution < 1.29 is 4.79 Å². The van der Waals surface area contributed by atoms with E-state index in [1.54, 1.807) is 16.7 Å². The second kappa shape index (κ2) is 4.87. The molecule has 0 radical (unpaired) electrons. The Morgan fingerprint density at radius 2 is 2.31 bits per heavy atom. The summed E-state index contributed by atoms with van der Waals surface area (Å²) in [6, 6.07) is 4.13. The summed E-state index contributed by atoms with van der Waals surface area (Å²) >= 11 is 1.64. The summed E-state index contributed by atoms with van der Waals surface area (Å²) in [4.78, 5) is 17.8. The molecule has 0 aromatic carbocycles. The summed E-state index contributed by atoms with van der Waals surface area (Å²) in [5.41, 5.74) is 1.19. The summed E-state index contributed by atoms with van der Waals surface area (Å²) in [5, 5.41) is 1.03. The molecule has 1 aromatic rings. The monoisotopic (exact) mass is 236 g/mol. The third kappa shape index (κ3) is 2.38. The smallest absolute Gasteiger partial charge is 0.222 e. The largest absolute Gasteiger partial charge is 0.346 e. The normalized spacial score (nSPS) is 21.2. The van der Waals surface area contributed by atoms with Gasteiger partial charge in [0, 0.05) is 26.2 Å². The molecule has 16 heavy (non-hydrogen) atoms. The highest BCUT2D eigenvalue weighted by Crippen LogP contribution is 2.28. The van der Waals surface area contributed by atoms with E-state index in [2.05, 4.69) is 11.1 Å². The molecule has 1 atom stereocenters. The average Bonchev–Trinajstić information content (AvgIpc) is 2.33. The Kier molecular flexibility index (Phi) is 3.49. The van der Waals surface area contributed by atoms with Crippen molar-refractivity contribution in [1.29, 1.82) is 0 Å². The van der Waals surface area contributed by atoms with Crippen molar-refractivity contribution in [1.82, 2.24) is 9.88 Å². The van der Waals surface area contributed by atoms with E-state index in [0.29, 0.717) is 12.3 Å². The van der Waals surface area contributed by atoms with Gasteiger partial charge in [0.05, 0.1) is 5.03 Å². The zero-order chi connectivity index (χ0) is 11.5. The number of nitrogens with zero attached hydrogens (tertiary/aromatic N) is 2. The maximum absolute atomic E-state index is 11.6. The molecule has 4 heteroatoms. The number of rotatable bonds is 2. The zero-order valence-electron chi connectivity index (χ0n) is 9.64. The molecule has 0 N–H and O–H groups in total. The van der Waals surface area contributed by atoms with Crippen LogP contribution in [0.2, 0.25) is 0 Å². The van der Waals surface area contributed by atoms with E-state index in [1.165, 1.54) is 5.56 Å². The van der Waals surface area contributed by atoms with Crippen LogP contribution < -0.4 is 0 Å². The third-order valence-electron chi connectivity index (χ3n) is 3.10. The average molecular weight is 236 g/mol. The molecule has 0 bridgehead atoms. The van der Waals surface area contributed by atoms with Crippen LogP contribution in [0.4, 0.5) is 0 Å². The molecule has 1 unspecified atom stereocenters. The van der Waals surface area contributed by atoms with E-state index < -0.39 is 0 Å². The van der Waals surface area contributed by atoms with Gasteiger partial charge >= 0.3 is 0 Å². The first kappa shape index (κ1) is 11.5. The molecule has 1 fully saturated rings. The van der Waals surface area contributed by atoms with Gasteiger partial charge in [-0.25, -0.2) is 4.98 Å².